The van der Waals surface area contributed by atoms with Gasteiger partial charge in [0.15, 0.2) is 5.69 Å². The first-order valence-corrected chi connectivity index (χ1v) is 7.17. The number of amides is 2. The first-order valence-electron chi connectivity index (χ1n) is 6.29. The highest BCUT2D eigenvalue weighted by Gasteiger charge is 2.16. The van der Waals surface area contributed by atoms with Crippen molar-refractivity contribution >= 4 is 29.0 Å². The van der Waals surface area contributed by atoms with E-state index in [1.54, 1.807) is 6.92 Å². The van der Waals surface area contributed by atoms with Crippen LogP contribution in [0.2, 0.25) is 0 Å². The van der Waals surface area contributed by atoms with Gasteiger partial charge in [0.05, 0.1) is 6.04 Å². The Kier molecular flexibility index (Phi) is 4.54. The molecule has 0 radical (unpaired) electrons. The van der Waals surface area contributed by atoms with E-state index in [9.17, 15) is 9.59 Å². The van der Waals surface area contributed by atoms with Gasteiger partial charge < -0.3 is 15.7 Å². The molecule has 0 bridgehead atoms. The molecule has 1 heterocycles. The summed E-state index contributed by atoms with van der Waals surface area (Å²) >= 11 is 1.20. The summed E-state index contributed by atoms with van der Waals surface area (Å²) in [6.07, 6.45) is 0. The number of nitrogens with zero attached hydrogens (tertiary/aromatic N) is 1. The van der Waals surface area contributed by atoms with Gasteiger partial charge in [-0.05, 0) is 25.5 Å². The van der Waals surface area contributed by atoms with Crippen LogP contribution in [0.3, 0.4) is 0 Å². The summed E-state index contributed by atoms with van der Waals surface area (Å²) in [4.78, 5) is 26.7. The summed E-state index contributed by atoms with van der Waals surface area (Å²) in [6, 6.07) is 6.72. The van der Waals surface area contributed by atoms with Crippen molar-refractivity contribution in [2.45, 2.75) is 19.9 Å². The number of carboxylic acid groups (broad SMARTS) is 1. The molecular weight excluding hydrogens is 290 g/mol. The summed E-state index contributed by atoms with van der Waals surface area (Å²) < 4.78 is 0. The molecule has 2 rings (SSSR count). The standard InChI is InChI=1S/C14H15N3O3S/c1-8-5-3-4-6-10(8)17-14(20)15-9(2)12-16-11(7-21-12)13(18)19/h3-7,9H,1-2H3,(H,18,19)(H2,15,17,20). The number of para-hydroxylation sites is 1. The van der Waals surface area contributed by atoms with E-state index in [2.05, 4.69) is 15.6 Å². The fourth-order valence-corrected chi connectivity index (χ4v) is 2.51. The minimum Gasteiger partial charge on any atom is -0.476 e. The van der Waals surface area contributed by atoms with Crippen LogP contribution in [0.5, 0.6) is 0 Å². The van der Waals surface area contributed by atoms with Gasteiger partial charge in [-0.3, -0.25) is 0 Å². The van der Waals surface area contributed by atoms with Gasteiger partial charge in [-0.15, -0.1) is 11.3 Å². The summed E-state index contributed by atoms with van der Waals surface area (Å²) in [5.41, 5.74) is 1.68. The van der Waals surface area contributed by atoms with Crippen LogP contribution in [0, 0.1) is 6.92 Å². The number of thiazole rings is 1. The van der Waals surface area contributed by atoms with E-state index in [1.807, 2.05) is 31.2 Å². The van der Waals surface area contributed by atoms with Gasteiger partial charge in [0, 0.05) is 11.1 Å². The number of aromatic carboxylic acids is 1. The van der Waals surface area contributed by atoms with Crippen molar-refractivity contribution in [2.75, 3.05) is 5.32 Å². The second-order valence-electron chi connectivity index (χ2n) is 4.51. The summed E-state index contributed by atoms with van der Waals surface area (Å²) in [5, 5.41) is 16.3. The Balaban J connectivity index is 1.98. The van der Waals surface area contributed by atoms with Crippen LogP contribution in [-0.4, -0.2) is 22.1 Å². The molecule has 6 nitrogen and oxygen atoms in total. The van der Waals surface area contributed by atoms with Crippen molar-refractivity contribution in [1.29, 1.82) is 0 Å². The summed E-state index contributed by atoms with van der Waals surface area (Å²) in [6.45, 7) is 3.65. The number of carboxylic acids is 1. The average molecular weight is 305 g/mol. The Hall–Kier alpha value is -2.41. The molecule has 1 aromatic heterocycles. The number of benzene rings is 1. The third-order valence-electron chi connectivity index (χ3n) is 2.85. The molecule has 2 aromatic rings. The van der Waals surface area contributed by atoms with E-state index in [1.165, 1.54) is 16.7 Å². The van der Waals surface area contributed by atoms with Crippen LogP contribution >= 0.6 is 11.3 Å². The topological polar surface area (TPSA) is 91.3 Å². The molecule has 21 heavy (non-hydrogen) atoms. The number of carbonyl (C=O) groups is 2. The van der Waals surface area contributed by atoms with Crippen LogP contribution in [0.25, 0.3) is 0 Å². The number of anilines is 1. The zero-order valence-electron chi connectivity index (χ0n) is 11.6. The number of aromatic nitrogens is 1. The molecule has 0 fully saturated rings. The quantitative estimate of drug-likeness (QED) is 0.809. The monoisotopic (exact) mass is 305 g/mol. The van der Waals surface area contributed by atoms with Gasteiger partial charge in [0.25, 0.3) is 0 Å². The number of aryl methyl sites for hydroxylation is 1. The van der Waals surface area contributed by atoms with Gasteiger partial charge in [0.2, 0.25) is 0 Å². The smallest absolute Gasteiger partial charge is 0.355 e. The van der Waals surface area contributed by atoms with Crippen LogP contribution in [-0.2, 0) is 0 Å². The van der Waals surface area contributed by atoms with Gasteiger partial charge >= 0.3 is 12.0 Å². The molecule has 110 valence electrons. The van der Waals surface area contributed by atoms with Gasteiger partial charge in [-0.1, -0.05) is 18.2 Å². The van der Waals surface area contributed by atoms with E-state index in [4.69, 9.17) is 5.11 Å². The SMILES string of the molecule is Cc1ccccc1NC(=O)NC(C)c1nc(C(=O)O)cs1. The Morgan fingerprint density at radius 1 is 1.33 bits per heavy atom. The van der Waals surface area contributed by atoms with Crippen molar-refractivity contribution in [3.8, 4) is 0 Å². The molecule has 0 aliphatic heterocycles. The maximum absolute atomic E-state index is 11.9. The highest BCUT2D eigenvalue weighted by atomic mass is 32.1. The molecule has 1 unspecified atom stereocenters. The van der Waals surface area contributed by atoms with Crippen molar-refractivity contribution in [3.05, 3.63) is 45.9 Å². The number of hydrogen-bond acceptors (Lipinski definition) is 4. The van der Waals surface area contributed by atoms with Crippen molar-refractivity contribution in [2.24, 2.45) is 0 Å². The Morgan fingerprint density at radius 3 is 2.67 bits per heavy atom. The first-order chi connectivity index (χ1) is 9.97. The Morgan fingerprint density at radius 2 is 2.05 bits per heavy atom. The number of nitrogens with one attached hydrogen (secondary N) is 2. The molecule has 3 N–H and O–H groups in total. The zero-order valence-corrected chi connectivity index (χ0v) is 12.4. The minimum absolute atomic E-state index is 0.0111. The average Bonchev–Trinajstić information content (AvgIpc) is 2.91. The van der Waals surface area contributed by atoms with Crippen LogP contribution in [0.1, 0.15) is 34.0 Å². The minimum atomic E-state index is -1.07. The van der Waals surface area contributed by atoms with Gasteiger partial charge in [-0.2, -0.15) is 0 Å². The lowest BCUT2D eigenvalue weighted by Crippen LogP contribution is -2.31. The zero-order chi connectivity index (χ0) is 15.4. The molecular formula is C14H15N3O3S. The molecule has 1 aromatic carbocycles. The van der Waals surface area contributed by atoms with E-state index >= 15 is 0 Å². The van der Waals surface area contributed by atoms with E-state index in [-0.39, 0.29) is 17.8 Å². The van der Waals surface area contributed by atoms with Crippen LogP contribution < -0.4 is 10.6 Å². The Bertz CT molecular complexity index is 669. The maximum atomic E-state index is 11.9. The highest BCUT2D eigenvalue weighted by molar-refractivity contribution is 7.09. The van der Waals surface area contributed by atoms with Crippen molar-refractivity contribution < 1.29 is 14.7 Å². The van der Waals surface area contributed by atoms with Gasteiger partial charge in [0.1, 0.15) is 5.01 Å². The second kappa shape index (κ2) is 6.36. The molecule has 0 spiro atoms. The molecule has 0 saturated carbocycles. The van der Waals surface area contributed by atoms with Crippen molar-refractivity contribution in [3.63, 3.8) is 0 Å². The fraction of sp³-hybridized carbons (Fsp3) is 0.214. The Labute approximate surface area is 125 Å². The lowest BCUT2D eigenvalue weighted by molar-refractivity contribution is 0.0691. The molecule has 0 aliphatic rings. The third kappa shape index (κ3) is 3.79. The normalized spacial score (nSPS) is 11.7. The molecule has 0 aliphatic carbocycles. The fourth-order valence-electron chi connectivity index (χ4n) is 1.71. The predicted molar refractivity (Wildman–Crippen MR) is 80.8 cm³/mol. The molecule has 0 saturated heterocycles. The molecule has 2 amide bonds. The van der Waals surface area contributed by atoms with E-state index < -0.39 is 5.97 Å². The first kappa shape index (κ1) is 15.0. The van der Waals surface area contributed by atoms with Crippen molar-refractivity contribution in [1.82, 2.24) is 10.3 Å². The largest absolute Gasteiger partial charge is 0.476 e. The van der Waals surface area contributed by atoms with E-state index in [0.717, 1.165) is 11.3 Å². The summed E-state index contributed by atoms with van der Waals surface area (Å²) in [5.74, 6) is -1.07. The molecule has 1 atom stereocenters. The maximum Gasteiger partial charge on any atom is 0.355 e. The number of hydrogen-bond donors (Lipinski definition) is 3. The number of urea groups is 1. The van der Waals surface area contributed by atoms with Crippen LogP contribution in [0.4, 0.5) is 10.5 Å². The third-order valence-corrected chi connectivity index (χ3v) is 3.88. The highest BCUT2D eigenvalue weighted by Crippen LogP contribution is 2.18. The molecule has 7 heteroatoms. The number of rotatable bonds is 4. The predicted octanol–water partition coefficient (Wildman–Crippen LogP) is 3.03. The van der Waals surface area contributed by atoms with Crippen LogP contribution in [0.15, 0.2) is 29.6 Å². The summed E-state index contributed by atoms with van der Waals surface area (Å²) in [7, 11) is 0. The lowest BCUT2D eigenvalue weighted by Gasteiger charge is -2.13. The number of carbonyl (C=O) groups excluding carboxylic acids is 1. The van der Waals surface area contributed by atoms with Gasteiger partial charge in [-0.25, -0.2) is 14.6 Å². The second-order valence-corrected chi connectivity index (χ2v) is 5.40. The lowest BCUT2D eigenvalue weighted by atomic mass is 10.2. The van der Waals surface area contributed by atoms with E-state index in [0.29, 0.717) is 5.01 Å².